The number of aliphatic carboxylic acids is 1. The summed E-state index contributed by atoms with van der Waals surface area (Å²) < 4.78 is 5.20. The van der Waals surface area contributed by atoms with Gasteiger partial charge in [0.1, 0.15) is 5.75 Å². The van der Waals surface area contributed by atoms with Crippen LogP contribution in [0.25, 0.3) is 0 Å². The average Bonchev–Trinajstić information content (AvgIpc) is 2.37. The van der Waals surface area contributed by atoms with Crippen LogP contribution < -0.4 is 4.74 Å². The first-order chi connectivity index (χ1) is 8.54. The molecule has 1 N–H and O–H groups in total. The van der Waals surface area contributed by atoms with Crippen LogP contribution in [0.1, 0.15) is 31.4 Å². The molecule has 100 valence electrons. The van der Waals surface area contributed by atoms with Crippen molar-refractivity contribution in [3.05, 3.63) is 29.8 Å². The van der Waals surface area contributed by atoms with E-state index in [1.807, 2.05) is 25.2 Å². The predicted octanol–water partition coefficient (Wildman–Crippen LogP) is 2.55. The van der Waals surface area contributed by atoms with Crippen LogP contribution in [0.15, 0.2) is 24.3 Å². The average molecular weight is 251 g/mol. The maximum atomic E-state index is 10.5. The van der Waals surface area contributed by atoms with Crippen molar-refractivity contribution in [1.82, 2.24) is 4.90 Å². The molecule has 4 heteroatoms. The Kier molecular flexibility index (Phi) is 5.65. The van der Waals surface area contributed by atoms with Crippen LogP contribution in [0.5, 0.6) is 5.75 Å². The van der Waals surface area contributed by atoms with E-state index in [1.165, 1.54) is 5.56 Å². The topological polar surface area (TPSA) is 49.8 Å². The first kappa shape index (κ1) is 14.5. The van der Waals surface area contributed by atoms with Gasteiger partial charge in [-0.25, -0.2) is 0 Å². The highest BCUT2D eigenvalue weighted by Gasteiger charge is 2.12. The Bertz CT molecular complexity index is 392. The minimum Gasteiger partial charge on any atom is -0.497 e. The number of nitrogens with zero attached hydrogens (tertiary/aromatic N) is 1. The van der Waals surface area contributed by atoms with Gasteiger partial charge in [-0.1, -0.05) is 12.1 Å². The molecule has 0 spiro atoms. The van der Waals surface area contributed by atoms with Crippen LogP contribution >= 0.6 is 0 Å². The molecule has 0 saturated heterocycles. The molecule has 4 nitrogen and oxygen atoms in total. The first-order valence-electron chi connectivity index (χ1n) is 6.10. The lowest BCUT2D eigenvalue weighted by molar-refractivity contribution is -0.137. The van der Waals surface area contributed by atoms with Crippen molar-refractivity contribution in [3.63, 3.8) is 0 Å². The Hall–Kier alpha value is -1.55. The van der Waals surface area contributed by atoms with E-state index in [1.54, 1.807) is 7.11 Å². The molecule has 0 bridgehead atoms. The van der Waals surface area contributed by atoms with E-state index in [0.29, 0.717) is 6.42 Å². The van der Waals surface area contributed by atoms with Crippen LogP contribution in [0.4, 0.5) is 0 Å². The minimum atomic E-state index is -0.738. The Balaban J connectivity index is 2.56. The summed E-state index contributed by atoms with van der Waals surface area (Å²) in [6.45, 7) is 2.88. The van der Waals surface area contributed by atoms with E-state index < -0.39 is 5.97 Å². The van der Waals surface area contributed by atoms with E-state index in [9.17, 15) is 4.79 Å². The number of carboxylic acid groups (broad SMARTS) is 1. The number of ether oxygens (including phenoxy) is 1. The number of rotatable bonds is 7. The number of hydrogen-bond acceptors (Lipinski definition) is 3. The first-order valence-corrected chi connectivity index (χ1v) is 6.10. The van der Waals surface area contributed by atoms with E-state index >= 15 is 0 Å². The van der Waals surface area contributed by atoms with Crippen molar-refractivity contribution in [2.24, 2.45) is 0 Å². The molecule has 18 heavy (non-hydrogen) atoms. The van der Waals surface area contributed by atoms with Crippen molar-refractivity contribution in [1.29, 1.82) is 0 Å². The Morgan fingerprint density at radius 3 is 2.83 bits per heavy atom. The van der Waals surface area contributed by atoms with Crippen molar-refractivity contribution >= 4 is 5.97 Å². The maximum absolute atomic E-state index is 10.5. The molecular weight excluding hydrogens is 230 g/mol. The van der Waals surface area contributed by atoms with E-state index in [-0.39, 0.29) is 12.5 Å². The zero-order chi connectivity index (χ0) is 13.5. The van der Waals surface area contributed by atoms with Crippen molar-refractivity contribution in [3.8, 4) is 5.75 Å². The van der Waals surface area contributed by atoms with Gasteiger partial charge in [-0.3, -0.25) is 9.69 Å². The lowest BCUT2D eigenvalue weighted by atomic mass is 10.1. The summed E-state index contributed by atoms with van der Waals surface area (Å²) in [5, 5.41) is 8.62. The predicted molar refractivity (Wildman–Crippen MR) is 70.9 cm³/mol. The highest BCUT2D eigenvalue weighted by Crippen LogP contribution is 2.22. The van der Waals surface area contributed by atoms with Gasteiger partial charge in [-0.15, -0.1) is 0 Å². The lowest BCUT2D eigenvalue weighted by Gasteiger charge is -2.25. The molecule has 0 aliphatic heterocycles. The second-order valence-corrected chi connectivity index (χ2v) is 4.43. The largest absolute Gasteiger partial charge is 0.497 e. The summed E-state index contributed by atoms with van der Waals surface area (Å²) in [5.74, 6) is 0.107. The Morgan fingerprint density at radius 2 is 2.22 bits per heavy atom. The van der Waals surface area contributed by atoms with Crippen molar-refractivity contribution < 1.29 is 14.6 Å². The lowest BCUT2D eigenvalue weighted by Crippen LogP contribution is -2.24. The summed E-state index contributed by atoms with van der Waals surface area (Å²) >= 11 is 0. The zero-order valence-corrected chi connectivity index (χ0v) is 11.2. The van der Waals surface area contributed by atoms with E-state index in [2.05, 4.69) is 17.9 Å². The van der Waals surface area contributed by atoms with Crippen LogP contribution in [0.2, 0.25) is 0 Å². The summed E-state index contributed by atoms with van der Waals surface area (Å²) in [4.78, 5) is 12.6. The number of methoxy groups -OCH3 is 1. The fourth-order valence-corrected chi connectivity index (χ4v) is 1.83. The van der Waals surface area contributed by atoms with Crippen LogP contribution in [0, 0.1) is 0 Å². The van der Waals surface area contributed by atoms with E-state index in [4.69, 9.17) is 9.84 Å². The van der Waals surface area contributed by atoms with Crippen molar-refractivity contribution in [2.75, 3.05) is 20.7 Å². The second-order valence-electron chi connectivity index (χ2n) is 4.43. The third-order valence-corrected chi connectivity index (χ3v) is 3.14. The van der Waals surface area contributed by atoms with Crippen LogP contribution in [-0.4, -0.2) is 36.7 Å². The summed E-state index contributed by atoms with van der Waals surface area (Å²) in [5.41, 5.74) is 1.17. The molecule has 0 amide bonds. The molecular formula is C14H21NO3. The molecule has 1 atom stereocenters. The zero-order valence-electron chi connectivity index (χ0n) is 11.2. The molecule has 0 radical (unpaired) electrons. The standard InChI is InChI=1S/C14H21NO3/c1-11(15(2)9-5-8-14(16)17)12-6-4-7-13(10-12)18-3/h4,6-7,10-11H,5,8-9H2,1-3H3,(H,16,17). The Morgan fingerprint density at radius 1 is 1.50 bits per heavy atom. The molecule has 0 aliphatic rings. The molecule has 0 aromatic heterocycles. The SMILES string of the molecule is COc1cccc(C(C)N(C)CCCC(=O)O)c1. The van der Waals surface area contributed by atoms with Gasteiger partial charge in [0.05, 0.1) is 7.11 Å². The number of hydrogen-bond donors (Lipinski definition) is 1. The third-order valence-electron chi connectivity index (χ3n) is 3.14. The van der Waals surface area contributed by atoms with Crippen molar-refractivity contribution in [2.45, 2.75) is 25.8 Å². The van der Waals surface area contributed by atoms with Gasteiger partial charge >= 0.3 is 5.97 Å². The Labute approximate surface area is 108 Å². The summed E-state index contributed by atoms with van der Waals surface area (Å²) in [7, 11) is 3.66. The highest BCUT2D eigenvalue weighted by atomic mass is 16.5. The molecule has 0 saturated carbocycles. The molecule has 1 rings (SSSR count). The highest BCUT2D eigenvalue weighted by molar-refractivity contribution is 5.66. The molecule has 0 fully saturated rings. The normalized spacial score (nSPS) is 12.4. The quantitative estimate of drug-likeness (QED) is 0.809. The third kappa shape index (κ3) is 4.37. The molecule has 1 unspecified atom stereocenters. The van der Waals surface area contributed by atoms with Gasteiger partial charge < -0.3 is 9.84 Å². The van der Waals surface area contributed by atoms with Crippen LogP contribution in [0.3, 0.4) is 0 Å². The number of carbonyl (C=O) groups is 1. The monoisotopic (exact) mass is 251 g/mol. The number of benzene rings is 1. The van der Waals surface area contributed by atoms with Gasteiger partial charge in [-0.2, -0.15) is 0 Å². The molecule has 1 aromatic carbocycles. The van der Waals surface area contributed by atoms with Gasteiger partial charge in [0.15, 0.2) is 0 Å². The van der Waals surface area contributed by atoms with E-state index in [0.717, 1.165) is 12.3 Å². The fourth-order valence-electron chi connectivity index (χ4n) is 1.83. The minimum absolute atomic E-state index is 0.217. The maximum Gasteiger partial charge on any atom is 0.303 e. The summed E-state index contributed by atoms with van der Waals surface area (Å²) in [6.07, 6.45) is 0.884. The smallest absolute Gasteiger partial charge is 0.303 e. The van der Waals surface area contributed by atoms with Gasteiger partial charge in [0, 0.05) is 12.5 Å². The number of carboxylic acids is 1. The van der Waals surface area contributed by atoms with Gasteiger partial charge in [0.25, 0.3) is 0 Å². The van der Waals surface area contributed by atoms with Gasteiger partial charge in [0.2, 0.25) is 0 Å². The molecule has 1 aromatic rings. The fraction of sp³-hybridized carbons (Fsp3) is 0.500. The molecule has 0 heterocycles. The second kappa shape index (κ2) is 7.01. The van der Waals surface area contributed by atoms with Gasteiger partial charge in [-0.05, 0) is 44.6 Å². The summed E-state index contributed by atoms with van der Waals surface area (Å²) in [6, 6.07) is 8.20. The molecule has 0 aliphatic carbocycles. The van der Waals surface area contributed by atoms with Crippen LogP contribution in [-0.2, 0) is 4.79 Å².